The fraction of sp³-hybridized carbons (Fsp3) is 0.857. The molecule has 0 aromatic heterocycles. The fourth-order valence-electron chi connectivity index (χ4n) is 4.23. The number of hydrogen-bond donors (Lipinski definition) is 2. The number of nitrogens with two attached hydrogens (primary N) is 1. The number of amides is 1. The van der Waals surface area contributed by atoms with E-state index in [1.54, 1.807) is 0 Å². The topological polar surface area (TPSA) is 86.9 Å². The number of carbonyl (C=O) groups excluding carboxylic acids is 1. The van der Waals surface area contributed by atoms with Gasteiger partial charge in [0.05, 0.1) is 12.5 Å². The van der Waals surface area contributed by atoms with E-state index in [2.05, 4.69) is 0 Å². The molecule has 3 rings (SSSR count). The predicted octanol–water partition coefficient (Wildman–Crippen LogP) is -0.411. The van der Waals surface area contributed by atoms with Crippen molar-refractivity contribution < 1.29 is 14.7 Å². The highest BCUT2D eigenvalue weighted by Gasteiger charge is 2.50. The minimum Gasteiger partial charge on any atom is -0.480 e. The van der Waals surface area contributed by atoms with Crippen molar-refractivity contribution in [1.29, 1.82) is 0 Å². The molecule has 1 saturated heterocycles. The predicted molar refractivity (Wildman–Crippen MR) is 73.0 cm³/mol. The smallest absolute Gasteiger partial charge is 0.317 e. The Kier molecular flexibility index (Phi) is 3.69. The summed E-state index contributed by atoms with van der Waals surface area (Å²) in [4.78, 5) is 27.1. The average molecular weight is 281 g/mol. The Hall–Kier alpha value is -1.14. The third kappa shape index (κ3) is 2.42. The number of carboxylic acid groups (broad SMARTS) is 1. The highest BCUT2D eigenvalue weighted by molar-refractivity contribution is 5.80. The second-order valence-corrected chi connectivity index (χ2v) is 6.43. The Morgan fingerprint density at radius 2 is 1.75 bits per heavy atom. The molecular formula is C14H23N3O3. The molecular weight excluding hydrogens is 258 g/mol. The van der Waals surface area contributed by atoms with Crippen molar-refractivity contribution in [2.24, 2.45) is 23.5 Å². The van der Waals surface area contributed by atoms with E-state index in [0.29, 0.717) is 38.0 Å². The molecule has 2 aliphatic carbocycles. The second kappa shape index (κ2) is 5.33. The number of nitrogens with zero attached hydrogens (tertiary/aromatic N) is 2. The third-order valence-electron chi connectivity index (χ3n) is 5.31. The summed E-state index contributed by atoms with van der Waals surface area (Å²) in [5, 5.41) is 8.78. The molecule has 3 fully saturated rings. The first-order valence-corrected chi connectivity index (χ1v) is 7.55. The van der Waals surface area contributed by atoms with Crippen molar-refractivity contribution in [2.75, 3.05) is 32.7 Å². The zero-order chi connectivity index (χ0) is 14.3. The average Bonchev–Trinajstić information content (AvgIpc) is 2.99. The maximum absolute atomic E-state index is 12.6. The van der Waals surface area contributed by atoms with Crippen LogP contribution in [0.3, 0.4) is 0 Å². The minimum atomic E-state index is -0.806. The molecule has 0 radical (unpaired) electrons. The number of carboxylic acids is 1. The first-order valence-electron chi connectivity index (χ1n) is 7.55. The van der Waals surface area contributed by atoms with E-state index in [1.807, 2.05) is 9.80 Å². The molecule has 2 saturated carbocycles. The van der Waals surface area contributed by atoms with Crippen LogP contribution in [0.1, 0.15) is 19.3 Å². The highest BCUT2D eigenvalue weighted by atomic mass is 16.4. The third-order valence-corrected chi connectivity index (χ3v) is 5.31. The van der Waals surface area contributed by atoms with Gasteiger partial charge >= 0.3 is 5.97 Å². The summed E-state index contributed by atoms with van der Waals surface area (Å²) in [6.45, 7) is 2.62. The van der Waals surface area contributed by atoms with E-state index in [1.165, 1.54) is 6.42 Å². The lowest BCUT2D eigenvalue weighted by atomic mass is 9.84. The van der Waals surface area contributed by atoms with Crippen LogP contribution in [0.2, 0.25) is 0 Å². The lowest BCUT2D eigenvalue weighted by Gasteiger charge is -2.38. The van der Waals surface area contributed by atoms with Crippen molar-refractivity contribution in [3.63, 3.8) is 0 Å². The number of fused-ring (bicyclic) bond motifs is 2. The lowest BCUT2D eigenvalue weighted by molar-refractivity contribution is -0.141. The normalized spacial score (nSPS) is 37.4. The van der Waals surface area contributed by atoms with Crippen molar-refractivity contribution >= 4 is 11.9 Å². The van der Waals surface area contributed by atoms with Crippen molar-refractivity contribution in [2.45, 2.75) is 25.3 Å². The van der Waals surface area contributed by atoms with Crippen molar-refractivity contribution in [3.8, 4) is 0 Å². The zero-order valence-corrected chi connectivity index (χ0v) is 11.7. The van der Waals surface area contributed by atoms with Crippen molar-refractivity contribution in [3.05, 3.63) is 0 Å². The summed E-state index contributed by atoms with van der Waals surface area (Å²) in [6, 6.07) is 0.0401. The molecule has 20 heavy (non-hydrogen) atoms. The molecule has 6 heteroatoms. The van der Waals surface area contributed by atoms with Gasteiger partial charge in [-0.1, -0.05) is 0 Å². The molecule has 2 bridgehead atoms. The van der Waals surface area contributed by atoms with Crippen LogP contribution < -0.4 is 5.73 Å². The maximum Gasteiger partial charge on any atom is 0.317 e. The van der Waals surface area contributed by atoms with Gasteiger partial charge in [-0.2, -0.15) is 0 Å². The van der Waals surface area contributed by atoms with Crippen LogP contribution in [-0.4, -0.2) is 65.5 Å². The number of rotatable bonds is 3. The quantitative estimate of drug-likeness (QED) is 0.734. The molecule has 4 unspecified atom stereocenters. The Labute approximate surface area is 118 Å². The summed E-state index contributed by atoms with van der Waals surface area (Å²) in [7, 11) is 0. The summed E-state index contributed by atoms with van der Waals surface area (Å²) < 4.78 is 0. The van der Waals surface area contributed by atoms with Gasteiger partial charge in [-0.15, -0.1) is 0 Å². The van der Waals surface area contributed by atoms with E-state index < -0.39 is 5.97 Å². The molecule has 4 atom stereocenters. The minimum absolute atomic E-state index is 0.0137. The zero-order valence-electron chi connectivity index (χ0n) is 11.7. The molecule has 0 spiro atoms. The number of piperazine rings is 1. The Morgan fingerprint density at radius 3 is 2.30 bits per heavy atom. The van der Waals surface area contributed by atoms with E-state index in [0.717, 1.165) is 12.8 Å². The Balaban J connectivity index is 1.56. The number of hydrogen-bond acceptors (Lipinski definition) is 4. The van der Waals surface area contributed by atoms with Gasteiger partial charge in [0.25, 0.3) is 0 Å². The summed E-state index contributed by atoms with van der Waals surface area (Å²) in [6.07, 6.45) is 3.45. The monoisotopic (exact) mass is 281 g/mol. The van der Waals surface area contributed by atoms with Crippen LogP contribution in [0.5, 0.6) is 0 Å². The summed E-state index contributed by atoms with van der Waals surface area (Å²) in [5.41, 5.74) is 6.23. The van der Waals surface area contributed by atoms with Gasteiger partial charge in [0, 0.05) is 32.2 Å². The van der Waals surface area contributed by atoms with E-state index >= 15 is 0 Å². The first kappa shape index (κ1) is 13.8. The number of aliphatic carboxylic acids is 1. The van der Waals surface area contributed by atoms with Gasteiger partial charge in [-0.05, 0) is 31.1 Å². The number of carbonyl (C=O) groups is 2. The molecule has 112 valence electrons. The largest absolute Gasteiger partial charge is 0.480 e. The van der Waals surface area contributed by atoms with E-state index in [4.69, 9.17) is 10.8 Å². The van der Waals surface area contributed by atoms with Crippen LogP contribution >= 0.6 is 0 Å². The summed E-state index contributed by atoms with van der Waals surface area (Å²) >= 11 is 0. The van der Waals surface area contributed by atoms with Gasteiger partial charge in [0.1, 0.15) is 0 Å². The van der Waals surface area contributed by atoms with Gasteiger partial charge in [-0.25, -0.2) is 0 Å². The molecule has 0 aromatic carbocycles. The van der Waals surface area contributed by atoms with Gasteiger partial charge in [0.15, 0.2) is 0 Å². The van der Waals surface area contributed by atoms with E-state index in [-0.39, 0.29) is 24.4 Å². The molecule has 1 amide bonds. The fourth-order valence-corrected chi connectivity index (χ4v) is 4.23. The van der Waals surface area contributed by atoms with Crippen LogP contribution in [-0.2, 0) is 9.59 Å². The molecule has 1 heterocycles. The van der Waals surface area contributed by atoms with Crippen LogP contribution in [0.25, 0.3) is 0 Å². The van der Waals surface area contributed by atoms with E-state index in [9.17, 15) is 9.59 Å². The molecule has 0 aromatic rings. The molecule has 3 N–H and O–H groups in total. The second-order valence-electron chi connectivity index (χ2n) is 6.43. The standard InChI is InChI=1S/C14H23N3O3/c15-13-10-2-1-9(7-10)12(13)14(20)17-5-3-16(4-6-17)8-11(18)19/h9-10,12-13H,1-8,15H2,(H,18,19). The molecule has 6 nitrogen and oxygen atoms in total. The van der Waals surface area contributed by atoms with Crippen LogP contribution in [0.15, 0.2) is 0 Å². The molecule has 1 aliphatic heterocycles. The Morgan fingerprint density at radius 1 is 1.10 bits per heavy atom. The first-order chi connectivity index (χ1) is 9.56. The van der Waals surface area contributed by atoms with Crippen molar-refractivity contribution in [1.82, 2.24) is 9.80 Å². The SMILES string of the molecule is NC1C2CCC(C2)C1C(=O)N1CCN(CC(=O)O)CC1. The lowest BCUT2D eigenvalue weighted by Crippen LogP contribution is -2.54. The molecule has 3 aliphatic rings. The van der Waals surface area contributed by atoms with Crippen LogP contribution in [0.4, 0.5) is 0 Å². The van der Waals surface area contributed by atoms with Gasteiger partial charge in [0.2, 0.25) is 5.91 Å². The Bertz CT molecular complexity index is 404. The maximum atomic E-state index is 12.6. The van der Waals surface area contributed by atoms with Crippen LogP contribution in [0, 0.1) is 17.8 Å². The van der Waals surface area contributed by atoms with Gasteiger partial charge < -0.3 is 15.7 Å². The highest BCUT2D eigenvalue weighted by Crippen LogP contribution is 2.48. The van der Waals surface area contributed by atoms with Gasteiger partial charge in [-0.3, -0.25) is 14.5 Å². The summed E-state index contributed by atoms with van der Waals surface area (Å²) in [5.74, 6) is 0.446.